The number of thioether (sulfide) groups is 1. The van der Waals surface area contributed by atoms with Crippen LogP contribution in [0.25, 0.3) is 0 Å². The quantitative estimate of drug-likeness (QED) is 0.710. The van der Waals surface area contributed by atoms with Gasteiger partial charge in [0.2, 0.25) is 0 Å². The molecule has 0 aromatic carbocycles. The second-order valence-electron chi connectivity index (χ2n) is 4.77. The molecule has 2 heteroatoms. The van der Waals surface area contributed by atoms with Crippen molar-refractivity contribution < 1.29 is 0 Å². The van der Waals surface area contributed by atoms with Gasteiger partial charge in [-0.1, -0.05) is 11.6 Å². The van der Waals surface area contributed by atoms with Crippen molar-refractivity contribution in [3.05, 3.63) is 11.6 Å². The van der Waals surface area contributed by atoms with Crippen LogP contribution in [0.3, 0.4) is 0 Å². The predicted molar refractivity (Wildman–Crippen MR) is 64.6 cm³/mol. The molecule has 1 saturated heterocycles. The fourth-order valence-electron chi connectivity index (χ4n) is 2.58. The molecule has 0 saturated carbocycles. The number of rotatable bonds is 2. The van der Waals surface area contributed by atoms with Crippen LogP contribution >= 0.6 is 11.8 Å². The smallest absolute Gasteiger partial charge is 0.0400 e. The van der Waals surface area contributed by atoms with E-state index >= 15 is 0 Å². The highest BCUT2D eigenvalue weighted by atomic mass is 32.2. The molecule has 80 valence electrons. The molecule has 0 aromatic rings. The summed E-state index contributed by atoms with van der Waals surface area (Å²) in [5, 5.41) is 0. The Morgan fingerprint density at radius 3 is 2.86 bits per heavy atom. The molecule has 0 spiro atoms. The van der Waals surface area contributed by atoms with Crippen LogP contribution in [0.2, 0.25) is 0 Å². The van der Waals surface area contributed by atoms with Gasteiger partial charge in [-0.3, -0.25) is 0 Å². The normalized spacial score (nSPS) is 35.4. The average molecular weight is 211 g/mol. The van der Waals surface area contributed by atoms with Crippen molar-refractivity contribution in [2.75, 3.05) is 5.75 Å². The fraction of sp³-hybridized carbons (Fsp3) is 0.833. The molecule has 0 bridgehead atoms. The lowest BCUT2D eigenvalue weighted by molar-refractivity contribution is 0.504. The van der Waals surface area contributed by atoms with E-state index in [1.807, 2.05) is 0 Å². The van der Waals surface area contributed by atoms with E-state index in [0.717, 1.165) is 0 Å². The molecule has 2 rings (SSSR count). The highest BCUT2D eigenvalue weighted by Gasteiger charge is 2.37. The third-order valence-electron chi connectivity index (χ3n) is 3.63. The second-order valence-corrected chi connectivity index (χ2v) is 6.40. The second kappa shape index (κ2) is 4.28. The van der Waals surface area contributed by atoms with Crippen LogP contribution in [-0.4, -0.2) is 16.5 Å². The van der Waals surface area contributed by atoms with Gasteiger partial charge in [-0.05, 0) is 51.2 Å². The molecule has 1 nitrogen and oxygen atoms in total. The number of allylic oxidation sites excluding steroid dienone is 1. The molecular weight excluding hydrogens is 190 g/mol. The Morgan fingerprint density at radius 1 is 1.43 bits per heavy atom. The van der Waals surface area contributed by atoms with Crippen LogP contribution in [0.5, 0.6) is 0 Å². The van der Waals surface area contributed by atoms with E-state index in [1.54, 1.807) is 0 Å². The van der Waals surface area contributed by atoms with Crippen LogP contribution in [0.4, 0.5) is 0 Å². The molecule has 2 unspecified atom stereocenters. The van der Waals surface area contributed by atoms with Crippen molar-refractivity contribution in [2.24, 2.45) is 5.73 Å². The van der Waals surface area contributed by atoms with Gasteiger partial charge in [0, 0.05) is 10.8 Å². The Morgan fingerprint density at radius 2 is 2.29 bits per heavy atom. The van der Waals surface area contributed by atoms with E-state index in [4.69, 9.17) is 5.73 Å². The first kappa shape index (κ1) is 10.6. The third-order valence-corrected chi connectivity index (χ3v) is 5.24. The number of hydrogen-bond donors (Lipinski definition) is 1. The Balaban J connectivity index is 2.05. The third kappa shape index (κ3) is 2.01. The summed E-state index contributed by atoms with van der Waals surface area (Å²) in [5.41, 5.74) is 7.93. The summed E-state index contributed by atoms with van der Waals surface area (Å²) in [5.74, 6) is 1.30. The van der Waals surface area contributed by atoms with Crippen molar-refractivity contribution >= 4 is 11.8 Å². The molecule has 0 aromatic heterocycles. The van der Waals surface area contributed by atoms with Gasteiger partial charge in [0.25, 0.3) is 0 Å². The van der Waals surface area contributed by atoms with Crippen LogP contribution in [0, 0.1) is 0 Å². The summed E-state index contributed by atoms with van der Waals surface area (Å²) in [6.45, 7) is 2.35. The van der Waals surface area contributed by atoms with Gasteiger partial charge in [-0.15, -0.1) is 0 Å². The molecule has 0 radical (unpaired) electrons. The molecule has 1 fully saturated rings. The average Bonchev–Trinajstić information content (AvgIpc) is 2.67. The molecular formula is C12H21NS. The van der Waals surface area contributed by atoms with E-state index in [9.17, 15) is 0 Å². The predicted octanol–water partition coefficient (Wildman–Crippen LogP) is 3.10. The Kier molecular flexibility index (Phi) is 3.23. The minimum absolute atomic E-state index is 0.315. The number of nitrogens with two attached hydrogens (primary N) is 1. The highest BCUT2D eigenvalue weighted by molar-refractivity contribution is 8.00. The van der Waals surface area contributed by atoms with Gasteiger partial charge in [0.1, 0.15) is 0 Å². The fourth-order valence-corrected chi connectivity index (χ4v) is 3.96. The van der Waals surface area contributed by atoms with Gasteiger partial charge in [-0.25, -0.2) is 0 Å². The summed E-state index contributed by atoms with van der Waals surface area (Å²) in [6.07, 6.45) is 10.3. The molecule has 1 aliphatic heterocycles. The number of hydrogen-bond acceptors (Lipinski definition) is 2. The van der Waals surface area contributed by atoms with Crippen molar-refractivity contribution in [3.8, 4) is 0 Å². The first-order valence-corrected chi connectivity index (χ1v) is 6.79. The zero-order valence-electron chi connectivity index (χ0n) is 9.09. The first-order chi connectivity index (χ1) is 6.72. The van der Waals surface area contributed by atoms with Crippen LogP contribution in [0.15, 0.2) is 11.6 Å². The summed E-state index contributed by atoms with van der Waals surface area (Å²) >= 11 is 2.08. The van der Waals surface area contributed by atoms with Gasteiger partial charge < -0.3 is 5.73 Å². The lowest BCUT2D eigenvalue weighted by Crippen LogP contribution is -2.43. The van der Waals surface area contributed by atoms with Gasteiger partial charge in [0.15, 0.2) is 0 Å². The zero-order chi connectivity index (χ0) is 10.0. The lowest BCUT2D eigenvalue weighted by Gasteiger charge is -2.33. The summed E-state index contributed by atoms with van der Waals surface area (Å²) in [4.78, 5) is 0. The van der Waals surface area contributed by atoms with E-state index in [-0.39, 0.29) is 0 Å². The molecule has 14 heavy (non-hydrogen) atoms. The Bertz CT molecular complexity index is 228. The monoisotopic (exact) mass is 211 g/mol. The Hall–Kier alpha value is 0.0500. The van der Waals surface area contributed by atoms with Crippen LogP contribution in [-0.2, 0) is 0 Å². The topological polar surface area (TPSA) is 26.0 Å². The van der Waals surface area contributed by atoms with E-state index in [0.29, 0.717) is 10.8 Å². The minimum Gasteiger partial charge on any atom is -0.323 e. The summed E-state index contributed by atoms with van der Waals surface area (Å²) < 4.78 is 0.336. The van der Waals surface area contributed by atoms with Crippen LogP contribution in [0.1, 0.15) is 45.4 Å². The molecule has 0 amide bonds. The SMILES string of the molecule is CC1(C(N)C2=CCCCC2)CCCS1. The molecule has 1 heterocycles. The molecule has 2 aliphatic rings. The van der Waals surface area contributed by atoms with Gasteiger partial charge in [-0.2, -0.15) is 11.8 Å². The minimum atomic E-state index is 0.315. The largest absolute Gasteiger partial charge is 0.323 e. The van der Waals surface area contributed by atoms with E-state index in [1.165, 1.54) is 49.9 Å². The highest BCUT2D eigenvalue weighted by Crippen LogP contribution is 2.42. The maximum absolute atomic E-state index is 6.40. The first-order valence-electron chi connectivity index (χ1n) is 5.81. The van der Waals surface area contributed by atoms with Crippen molar-refractivity contribution in [3.63, 3.8) is 0 Å². The van der Waals surface area contributed by atoms with Crippen molar-refractivity contribution in [1.29, 1.82) is 0 Å². The van der Waals surface area contributed by atoms with E-state index in [2.05, 4.69) is 24.8 Å². The van der Waals surface area contributed by atoms with Crippen LogP contribution < -0.4 is 5.73 Å². The molecule has 2 atom stereocenters. The maximum atomic E-state index is 6.40. The standard InChI is InChI=1S/C12H21NS/c1-12(8-5-9-14-12)11(13)10-6-3-2-4-7-10/h6,11H,2-5,7-9,13H2,1H3. The zero-order valence-corrected chi connectivity index (χ0v) is 9.91. The Labute approximate surface area is 91.5 Å². The van der Waals surface area contributed by atoms with E-state index < -0.39 is 0 Å². The summed E-state index contributed by atoms with van der Waals surface area (Å²) in [6, 6.07) is 0.315. The summed E-state index contributed by atoms with van der Waals surface area (Å²) in [7, 11) is 0. The van der Waals surface area contributed by atoms with Gasteiger partial charge >= 0.3 is 0 Å². The molecule has 2 N–H and O–H groups in total. The molecule has 1 aliphatic carbocycles. The maximum Gasteiger partial charge on any atom is 0.0400 e. The van der Waals surface area contributed by atoms with Crippen molar-refractivity contribution in [1.82, 2.24) is 0 Å². The van der Waals surface area contributed by atoms with Crippen molar-refractivity contribution in [2.45, 2.75) is 56.2 Å². The lowest BCUT2D eigenvalue weighted by atomic mass is 9.85. The van der Waals surface area contributed by atoms with Gasteiger partial charge in [0.05, 0.1) is 0 Å².